The first-order chi connectivity index (χ1) is 13.2. The second kappa shape index (κ2) is 7.23. The number of carbonyl (C=O) groups excluding carboxylic acids is 1. The molecular weight excluding hydrogens is 336 g/mol. The van der Waals surface area contributed by atoms with Crippen LogP contribution in [0.4, 0.5) is 0 Å². The zero-order valence-electron chi connectivity index (χ0n) is 15.6. The number of hydrogen-bond donors (Lipinski definition) is 0. The van der Waals surface area contributed by atoms with Crippen molar-refractivity contribution in [1.29, 1.82) is 0 Å². The van der Waals surface area contributed by atoms with Crippen LogP contribution in [0.1, 0.15) is 35.7 Å². The van der Waals surface area contributed by atoms with Crippen LogP contribution in [0.15, 0.2) is 60.8 Å². The number of para-hydroxylation sites is 2. The van der Waals surface area contributed by atoms with Gasteiger partial charge < -0.3 is 4.74 Å². The summed E-state index contributed by atoms with van der Waals surface area (Å²) in [5.41, 5.74) is 6.24. The monoisotopic (exact) mass is 358 g/mol. The molecule has 0 fully saturated rings. The Morgan fingerprint density at radius 2 is 1.85 bits per heavy atom. The van der Waals surface area contributed by atoms with Crippen molar-refractivity contribution < 1.29 is 9.53 Å². The van der Waals surface area contributed by atoms with Crippen LogP contribution in [0.3, 0.4) is 0 Å². The highest BCUT2D eigenvalue weighted by atomic mass is 16.5. The molecule has 0 saturated heterocycles. The first kappa shape index (κ1) is 17.3. The Morgan fingerprint density at radius 3 is 2.67 bits per heavy atom. The average molecular weight is 358 g/mol. The van der Waals surface area contributed by atoms with Crippen LogP contribution in [0.2, 0.25) is 0 Å². The summed E-state index contributed by atoms with van der Waals surface area (Å²) in [4.78, 5) is 17.5. The maximum absolute atomic E-state index is 12.8. The Labute approximate surface area is 158 Å². The summed E-state index contributed by atoms with van der Waals surface area (Å²) < 4.78 is 7.56. The number of rotatable bonds is 5. The first-order valence-electron chi connectivity index (χ1n) is 9.33. The largest absolute Gasteiger partial charge is 0.462 e. The molecule has 0 saturated carbocycles. The summed E-state index contributed by atoms with van der Waals surface area (Å²) in [5.74, 6) is -0.295. The number of esters is 1. The van der Waals surface area contributed by atoms with Crippen molar-refractivity contribution in [3.63, 3.8) is 0 Å². The summed E-state index contributed by atoms with van der Waals surface area (Å²) in [6.07, 6.45) is 3.85. The first-order valence-corrected chi connectivity index (χ1v) is 9.33. The molecule has 0 aliphatic heterocycles. The van der Waals surface area contributed by atoms with Gasteiger partial charge in [0.2, 0.25) is 0 Å². The van der Waals surface area contributed by atoms with Crippen molar-refractivity contribution in [2.24, 2.45) is 0 Å². The highest BCUT2D eigenvalue weighted by Gasteiger charge is 2.18. The van der Waals surface area contributed by atoms with Gasteiger partial charge in [-0.15, -0.1) is 0 Å². The molecule has 0 unspecified atom stereocenters. The van der Waals surface area contributed by atoms with Crippen molar-refractivity contribution in [3.8, 4) is 11.1 Å². The molecule has 4 rings (SSSR count). The van der Waals surface area contributed by atoms with Crippen LogP contribution in [-0.4, -0.2) is 22.0 Å². The number of hydrogen-bond acceptors (Lipinski definition) is 3. The molecule has 2 heterocycles. The third-order valence-corrected chi connectivity index (χ3v) is 4.83. The van der Waals surface area contributed by atoms with E-state index in [9.17, 15) is 4.79 Å². The molecule has 4 nitrogen and oxygen atoms in total. The summed E-state index contributed by atoms with van der Waals surface area (Å²) in [6.45, 7) is 4.57. The Hall–Kier alpha value is -3.14. The van der Waals surface area contributed by atoms with E-state index in [0.29, 0.717) is 12.2 Å². The Kier molecular flexibility index (Phi) is 4.63. The van der Waals surface area contributed by atoms with Crippen LogP contribution in [-0.2, 0) is 4.74 Å². The fourth-order valence-electron chi connectivity index (χ4n) is 3.35. The van der Waals surface area contributed by atoms with E-state index in [2.05, 4.69) is 24.9 Å². The minimum Gasteiger partial charge on any atom is -0.462 e. The lowest BCUT2D eigenvalue weighted by Gasteiger charge is -2.13. The molecule has 0 amide bonds. The highest BCUT2D eigenvalue weighted by molar-refractivity contribution is 5.99. The quantitative estimate of drug-likeness (QED) is 0.353. The van der Waals surface area contributed by atoms with E-state index in [0.717, 1.165) is 46.2 Å². The number of pyridine rings is 1. The van der Waals surface area contributed by atoms with Gasteiger partial charge in [0, 0.05) is 11.8 Å². The lowest BCUT2D eigenvalue weighted by molar-refractivity contribution is 0.0500. The third kappa shape index (κ3) is 3.19. The molecule has 27 heavy (non-hydrogen) atoms. The van der Waals surface area contributed by atoms with Crippen LogP contribution in [0, 0.1) is 6.92 Å². The fraction of sp³-hybridized carbons (Fsp3) is 0.217. The number of nitrogens with zero attached hydrogens (tertiary/aromatic N) is 2. The lowest BCUT2D eigenvalue weighted by Crippen LogP contribution is -2.09. The van der Waals surface area contributed by atoms with E-state index < -0.39 is 0 Å². The molecule has 0 aliphatic carbocycles. The smallest absolute Gasteiger partial charge is 0.338 e. The predicted molar refractivity (Wildman–Crippen MR) is 108 cm³/mol. The van der Waals surface area contributed by atoms with Crippen molar-refractivity contribution >= 4 is 22.6 Å². The van der Waals surface area contributed by atoms with Gasteiger partial charge in [0.15, 0.2) is 0 Å². The zero-order chi connectivity index (χ0) is 18.8. The Balaban J connectivity index is 1.93. The molecule has 0 atom stereocenters. The van der Waals surface area contributed by atoms with Crippen LogP contribution in [0.5, 0.6) is 0 Å². The number of benzene rings is 2. The number of ether oxygens (including phenoxy) is 1. The molecule has 0 bridgehead atoms. The molecular formula is C23H22N2O2. The minimum atomic E-state index is -0.295. The summed E-state index contributed by atoms with van der Waals surface area (Å²) >= 11 is 0. The van der Waals surface area contributed by atoms with Gasteiger partial charge in [0.05, 0.1) is 23.2 Å². The molecule has 0 N–H and O–H groups in total. The second-order valence-corrected chi connectivity index (χ2v) is 6.73. The molecule has 2 aromatic carbocycles. The number of imidazole rings is 1. The van der Waals surface area contributed by atoms with Gasteiger partial charge in [0.1, 0.15) is 5.65 Å². The van der Waals surface area contributed by atoms with Gasteiger partial charge in [-0.3, -0.25) is 4.40 Å². The average Bonchev–Trinajstić information content (AvgIpc) is 3.05. The van der Waals surface area contributed by atoms with Gasteiger partial charge in [0.25, 0.3) is 0 Å². The molecule has 136 valence electrons. The molecule has 0 radical (unpaired) electrons. The molecule has 0 aliphatic rings. The Morgan fingerprint density at radius 1 is 1.07 bits per heavy atom. The number of unbranched alkanes of at least 4 members (excludes halogenated alkanes) is 1. The van der Waals surface area contributed by atoms with E-state index in [1.807, 2.05) is 59.1 Å². The molecule has 4 aromatic rings. The van der Waals surface area contributed by atoms with Crippen molar-refractivity contribution in [1.82, 2.24) is 9.38 Å². The standard InChI is InChI=1S/C23H22N2O2/c1-3-4-13-27-23(26)18-14-22-24-20-11-7-8-12-21(20)25(22)15-19(18)17-10-6-5-9-16(17)2/h5-12,14-15H,3-4,13H2,1-2H3. The molecule has 0 spiro atoms. The predicted octanol–water partition coefficient (Wildman–Crippen LogP) is 5.42. The van der Waals surface area contributed by atoms with Crippen molar-refractivity contribution in [2.45, 2.75) is 26.7 Å². The number of aromatic nitrogens is 2. The number of carbonyl (C=O) groups is 1. The third-order valence-electron chi connectivity index (χ3n) is 4.83. The van der Waals surface area contributed by atoms with E-state index in [4.69, 9.17) is 4.74 Å². The summed E-state index contributed by atoms with van der Waals surface area (Å²) in [5, 5.41) is 0. The summed E-state index contributed by atoms with van der Waals surface area (Å²) in [6, 6.07) is 17.9. The SMILES string of the molecule is CCCCOC(=O)c1cc2nc3ccccc3n2cc1-c1ccccc1C. The molecule has 2 aromatic heterocycles. The van der Waals surface area contributed by atoms with E-state index in [1.54, 1.807) is 0 Å². The van der Waals surface area contributed by atoms with Gasteiger partial charge in [-0.25, -0.2) is 9.78 Å². The normalized spacial score (nSPS) is 11.2. The minimum absolute atomic E-state index is 0.295. The maximum atomic E-state index is 12.8. The summed E-state index contributed by atoms with van der Waals surface area (Å²) in [7, 11) is 0. The van der Waals surface area contributed by atoms with Gasteiger partial charge in [-0.05, 0) is 42.7 Å². The van der Waals surface area contributed by atoms with Gasteiger partial charge in [-0.2, -0.15) is 0 Å². The fourth-order valence-corrected chi connectivity index (χ4v) is 3.35. The van der Waals surface area contributed by atoms with Crippen LogP contribution >= 0.6 is 0 Å². The van der Waals surface area contributed by atoms with Gasteiger partial charge >= 0.3 is 5.97 Å². The van der Waals surface area contributed by atoms with Crippen LogP contribution in [0.25, 0.3) is 27.8 Å². The number of fused-ring (bicyclic) bond motifs is 3. The topological polar surface area (TPSA) is 43.6 Å². The van der Waals surface area contributed by atoms with Crippen molar-refractivity contribution in [2.75, 3.05) is 6.61 Å². The van der Waals surface area contributed by atoms with Crippen LogP contribution < -0.4 is 0 Å². The Bertz CT molecular complexity index is 1130. The zero-order valence-corrected chi connectivity index (χ0v) is 15.6. The van der Waals surface area contributed by atoms with E-state index in [1.165, 1.54) is 0 Å². The van der Waals surface area contributed by atoms with E-state index >= 15 is 0 Å². The van der Waals surface area contributed by atoms with Gasteiger partial charge in [-0.1, -0.05) is 49.7 Å². The van der Waals surface area contributed by atoms with Crippen molar-refractivity contribution in [3.05, 3.63) is 71.9 Å². The maximum Gasteiger partial charge on any atom is 0.338 e. The van der Waals surface area contributed by atoms with E-state index in [-0.39, 0.29) is 5.97 Å². The molecule has 4 heteroatoms. The second-order valence-electron chi connectivity index (χ2n) is 6.73. The number of aryl methyl sites for hydroxylation is 1. The highest BCUT2D eigenvalue weighted by Crippen LogP contribution is 2.30. The lowest BCUT2D eigenvalue weighted by atomic mass is 9.98.